The highest BCUT2D eigenvalue weighted by Gasteiger charge is 2.15. The van der Waals surface area contributed by atoms with Crippen molar-refractivity contribution in [3.63, 3.8) is 0 Å². The summed E-state index contributed by atoms with van der Waals surface area (Å²) in [5, 5.41) is 5.81. The van der Waals surface area contributed by atoms with Crippen molar-refractivity contribution in [3.05, 3.63) is 16.1 Å². The summed E-state index contributed by atoms with van der Waals surface area (Å²) in [7, 11) is 0. The maximum absolute atomic E-state index is 11.9. The summed E-state index contributed by atoms with van der Waals surface area (Å²) in [6.07, 6.45) is 6.08. The Hall–Kier alpha value is -0.940. The van der Waals surface area contributed by atoms with E-state index in [-0.39, 0.29) is 5.91 Å². The van der Waals surface area contributed by atoms with E-state index < -0.39 is 0 Å². The molecule has 0 aromatic carbocycles. The lowest BCUT2D eigenvalue weighted by atomic mass is 10.1. The summed E-state index contributed by atoms with van der Waals surface area (Å²) in [6, 6.07) is 0. The summed E-state index contributed by atoms with van der Waals surface area (Å²) in [6.45, 7) is 5.82. The molecule has 1 aliphatic heterocycles. The molecule has 5 heteroatoms. The standard InChI is InChI=1S/C15H24N2O2S/c1-11(2)15-17-13(10-20-15)14(18)16-8-4-3-6-12-7-5-9-19-12/h10-12H,3-9H2,1-2H3,(H,16,18)/t12-/m1/s1. The van der Waals surface area contributed by atoms with Crippen LogP contribution in [0.4, 0.5) is 0 Å². The van der Waals surface area contributed by atoms with Gasteiger partial charge in [0.2, 0.25) is 0 Å². The van der Waals surface area contributed by atoms with E-state index in [1.54, 1.807) is 11.3 Å². The predicted molar refractivity (Wildman–Crippen MR) is 81.4 cm³/mol. The Bertz CT molecular complexity index is 425. The van der Waals surface area contributed by atoms with Gasteiger partial charge in [0.25, 0.3) is 5.91 Å². The number of nitrogens with zero attached hydrogens (tertiary/aromatic N) is 1. The number of aromatic nitrogens is 1. The molecule has 0 unspecified atom stereocenters. The number of amides is 1. The zero-order valence-corrected chi connectivity index (χ0v) is 13.2. The van der Waals surface area contributed by atoms with Gasteiger partial charge in [-0.15, -0.1) is 11.3 Å². The fourth-order valence-corrected chi connectivity index (χ4v) is 3.13. The van der Waals surface area contributed by atoms with Crippen LogP contribution in [-0.4, -0.2) is 30.1 Å². The van der Waals surface area contributed by atoms with Crippen LogP contribution in [0.15, 0.2) is 5.38 Å². The molecule has 1 N–H and O–H groups in total. The fraction of sp³-hybridized carbons (Fsp3) is 0.733. The molecule has 2 heterocycles. The van der Waals surface area contributed by atoms with Crippen LogP contribution in [0.5, 0.6) is 0 Å². The summed E-state index contributed by atoms with van der Waals surface area (Å²) in [4.78, 5) is 16.3. The normalized spacial score (nSPS) is 18.6. The molecular weight excluding hydrogens is 272 g/mol. The van der Waals surface area contributed by atoms with Crippen LogP contribution in [0.1, 0.15) is 67.4 Å². The van der Waals surface area contributed by atoms with Crippen molar-refractivity contribution >= 4 is 17.2 Å². The first kappa shape index (κ1) is 15.4. The molecule has 0 aliphatic carbocycles. The van der Waals surface area contributed by atoms with Crippen molar-refractivity contribution in [2.24, 2.45) is 0 Å². The van der Waals surface area contributed by atoms with Crippen LogP contribution >= 0.6 is 11.3 Å². The van der Waals surface area contributed by atoms with Crippen molar-refractivity contribution in [1.82, 2.24) is 10.3 Å². The maximum atomic E-state index is 11.9. The van der Waals surface area contributed by atoms with Crippen molar-refractivity contribution in [2.75, 3.05) is 13.2 Å². The molecule has 112 valence electrons. The second kappa shape index (κ2) is 7.74. The second-order valence-electron chi connectivity index (χ2n) is 5.61. The Kier molecular flexibility index (Phi) is 5.98. The maximum Gasteiger partial charge on any atom is 0.270 e. The molecule has 1 aromatic rings. The molecule has 1 fully saturated rings. The first-order chi connectivity index (χ1) is 9.66. The monoisotopic (exact) mass is 296 g/mol. The molecule has 20 heavy (non-hydrogen) atoms. The topological polar surface area (TPSA) is 51.2 Å². The van der Waals surface area contributed by atoms with Gasteiger partial charge in [0.1, 0.15) is 5.69 Å². The van der Waals surface area contributed by atoms with Crippen LogP contribution in [0, 0.1) is 0 Å². The summed E-state index contributed by atoms with van der Waals surface area (Å²) >= 11 is 1.56. The Balaban J connectivity index is 1.61. The van der Waals surface area contributed by atoms with Crippen molar-refractivity contribution < 1.29 is 9.53 Å². The van der Waals surface area contributed by atoms with Crippen LogP contribution in [0.3, 0.4) is 0 Å². The molecule has 1 atom stereocenters. The van der Waals surface area contributed by atoms with E-state index in [2.05, 4.69) is 24.1 Å². The molecule has 0 radical (unpaired) electrons. The van der Waals surface area contributed by atoms with Crippen molar-refractivity contribution in [3.8, 4) is 0 Å². The van der Waals surface area contributed by atoms with Crippen LogP contribution < -0.4 is 5.32 Å². The minimum absolute atomic E-state index is 0.0507. The summed E-state index contributed by atoms with van der Waals surface area (Å²) in [5.74, 6) is 0.332. The average molecular weight is 296 g/mol. The van der Waals surface area contributed by atoms with Gasteiger partial charge in [-0.3, -0.25) is 4.79 Å². The number of hydrogen-bond acceptors (Lipinski definition) is 4. The number of thiazole rings is 1. The van der Waals surface area contributed by atoms with E-state index in [4.69, 9.17) is 4.74 Å². The molecule has 0 saturated carbocycles. The van der Waals surface area contributed by atoms with Gasteiger partial charge in [0.05, 0.1) is 11.1 Å². The van der Waals surface area contributed by atoms with E-state index in [0.29, 0.717) is 17.7 Å². The molecule has 2 rings (SSSR count). The Morgan fingerprint density at radius 2 is 2.40 bits per heavy atom. The number of carbonyl (C=O) groups excluding carboxylic acids is 1. The van der Waals surface area contributed by atoms with Gasteiger partial charge in [0, 0.05) is 24.4 Å². The third kappa shape index (κ3) is 4.56. The fourth-order valence-electron chi connectivity index (χ4n) is 2.32. The molecule has 4 nitrogen and oxygen atoms in total. The third-order valence-corrected chi connectivity index (χ3v) is 4.66. The van der Waals surface area contributed by atoms with Gasteiger partial charge in [0.15, 0.2) is 0 Å². The first-order valence-electron chi connectivity index (χ1n) is 7.52. The molecular formula is C15H24N2O2S. The van der Waals surface area contributed by atoms with E-state index in [0.717, 1.165) is 37.4 Å². The molecule has 0 spiro atoms. The number of carbonyl (C=O) groups is 1. The largest absolute Gasteiger partial charge is 0.378 e. The van der Waals surface area contributed by atoms with Crippen LogP contribution in [-0.2, 0) is 4.74 Å². The average Bonchev–Trinajstić information content (AvgIpc) is 3.09. The molecule has 1 amide bonds. The number of rotatable bonds is 7. The lowest BCUT2D eigenvalue weighted by molar-refractivity contribution is 0.0943. The van der Waals surface area contributed by atoms with E-state index in [1.165, 1.54) is 12.8 Å². The predicted octanol–water partition coefficient (Wildman–Crippen LogP) is 3.35. The van der Waals surface area contributed by atoms with Gasteiger partial charge in [-0.2, -0.15) is 0 Å². The number of unbranched alkanes of at least 4 members (excludes halogenated alkanes) is 1. The van der Waals surface area contributed by atoms with Gasteiger partial charge in [-0.05, 0) is 32.1 Å². The molecule has 1 aromatic heterocycles. The molecule has 0 bridgehead atoms. The number of ether oxygens (including phenoxy) is 1. The Labute approximate surface area is 124 Å². The zero-order chi connectivity index (χ0) is 14.4. The summed E-state index contributed by atoms with van der Waals surface area (Å²) in [5.41, 5.74) is 0.554. The minimum atomic E-state index is -0.0507. The minimum Gasteiger partial charge on any atom is -0.378 e. The molecule has 1 saturated heterocycles. The van der Waals surface area contributed by atoms with E-state index in [9.17, 15) is 4.79 Å². The third-order valence-electron chi connectivity index (χ3n) is 3.51. The highest BCUT2D eigenvalue weighted by molar-refractivity contribution is 7.09. The van der Waals surface area contributed by atoms with Gasteiger partial charge < -0.3 is 10.1 Å². The Morgan fingerprint density at radius 3 is 3.05 bits per heavy atom. The highest BCUT2D eigenvalue weighted by Crippen LogP contribution is 2.19. The zero-order valence-electron chi connectivity index (χ0n) is 12.4. The van der Waals surface area contributed by atoms with Crippen LogP contribution in [0.2, 0.25) is 0 Å². The quantitative estimate of drug-likeness (QED) is 0.785. The molecule has 1 aliphatic rings. The van der Waals surface area contributed by atoms with E-state index in [1.807, 2.05) is 5.38 Å². The first-order valence-corrected chi connectivity index (χ1v) is 8.40. The lowest BCUT2D eigenvalue weighted by Crippen LogP contribution is -2.25. The van der Waals surface area contributed by atoms with Gasteiger partial charge in [-0.25, -0.2) is 4.98 Å². The van der Waals surface area contributed by atoms with Gasteiger partial charge in [-0.1, -0.05) is 13.8 Å². The Morgan fingerprint density at radius 1 is 1.55 bits per heavy atom. The van der Waals surface area contributed by atoms with Crippen molar-refractivity contribution in [1.29, 1.82) is 0 Å². The summed E-state index contributed by atoms with van der Waals surface area (Å²) < 4.78 is 5.58. The van der Waals surface area contributed by atoms with E-state index >= 15 is 0 Å². The van der Waals surface area contributed by atoms with Crippen molar-refractivity contribution in [2.45, 2.75) is 58.0 Å². The van der Waals surface area contributed by atoms with Gasteiger partial charge >= 0.3 is 0 Å². The highest BCUT2D eigenvalue weighted by atomic mass is 32.1. The second-order valence-corrected chi connectivity index (χ2v) is 6.50. The smallest absolute Gasteiger partial charge is 0.270 e. The SMILES string of the molecule is CC(C)c1nc(C(=O)NCCCC[C@@H]2CCCO2)cs1. The van der Waals surface area contributed by atoms with Crippen LogP contribution in [0.25, 0.3) is 0 Å². The number of hydrogen-bond donors (Lipinski definition) is 1. The number of nitrogens with one attached hydrogen (secondary N) is 1. The lowest BCUT2D eigenvalue weighted by Gasteiger charge is -2.08.